The number of carbonyl (C=O) groups excluding carboxylic acids is 1. The Kier molecular flexibility index (Phi) is 7.56. The van der Waals surface area contributed by atoms with Crippen LogP contribution in [0, 0.1) is 0 Å². The van der Waals surface area contributed by atoms with Gasteiger partial charge in [-0.15, -0.1) is 0 Å². The third kappa shape index (κ3) is 5.48. The molecular formula is C31H32F3N3O. The third-order valence-electron chi connectivity index (χ3n) is 7.34. The Hall–Kier alpha value is -3.58. The van der Waals surface area contributed by atoms with Crippen LogP contribution in [0.25, 0.3) is 22.0 Å². The van der Waals surface area contributed by atoms with Crippen molar-refractivity contribution in [2.75, 3.05) is 25.0 Å². The molecule has 0 atom stereocenters. The van der Waals surface area contributed by atoms with E-state index in [0.717, 1.165) is 48.5 Å². The van der Waals surface area contributed by atoms with Gasteiger partial charge in [-0.1, -0.05) is 55.5 Å². The number of likely N-dealkylation sites (tertiary alicyclic amines) is 1. The van der Waals surface area contributed by atoms with Crippen LogP contribution >= 0.6 is 0 Å². The van der Waals surface area contributed by atoms with E-state index in [1.165, 1.54) is 6.07 Å². The zero-order chi connectivity index (χ0) is 26.7. The molecule has 0 spiro atoms. The van der Waals surface area contributed by atoms with E-state index in [0.29, 0.717) is 36.3 Å². The number of nitrogens with zero attached hydrogens (tertiary/aromatic N) is 2. The highest BCUT2D eigenvalue weighted by atomic mass is 19.4. The van der Waals surface area contributed by atoms with Crippen molar-refractivity contribution in [3.63, 3.8) is 0 Å². The number of para-hydroxylation sites is 1. The summed E-state index contributed by atoms with van der Waals surface area (Å²) >= 11 is 0. The average molecular weight is 520 g/mol. The molecule has 3 aromatic carbocycles. The van der Waals surface area contributed by atoms with E-state index in [1.807, 2.05) is 65.4 Å². The van der Waals surface area contributed by atoms with Gasteiger partial charge in [0.15, 0.2) is 0 Å². The molecule has 5 rings (SSSR count). The molecule has 4 nitrogen and oxygen atoms in total. The number of amides is 1. The normalized spacial score (nSPS) is 14.3. The molecule has 38 heavy (non-hydrogen) atoms. The molecule has 0 unspecified atom stereocenters. The zero-order valence-electron chi connectivity index (χ0n) is 21.5. The van der Waals surface area contributed by atoms with Crippen LogP contribution in [-0.4, -0.2) is 35.0 Å². The largest absolute Gasteiger partial charge is 0.417 e. The minimum atomic E-state index is -4.55. The Balaban J connectivity index is 1.71. The van der Waals surface area contributed by atoms with Gasteiger partial charge >= 0.3 is 6.18 Å². The maximum absolute atomic E-state index is 14.6. The summed E-state index contributed by atoms with van der Waals surface area (Å²) in [6.45, 7) is 4.81. The number of benzene rings is 3. The number of halogens is 3. The number of hydrogen-bond acceptors (Lipinski definition) is 2. The quantitative estimate of drug-likeness (QED) is 0.264. The van der Waals surface area contributed by atoms with Gasteiger partial charge in [0, 0.05) is 53.4 Å². The van der Waals surface area contributed by atoms with Crippen molar-refractivity contribution in [3.05, 3.63) is 89.6 Å². The summed E-state index contributed by atoms with van der Waals surface area (Å²) in [4.78, 5) is 14.7. The van der Waals surface area contributed by atoms with Crippen molar-refractivity contribution in [2.24, 2.45) is 0 Å². The molecule has 0 bridgehead atoms. The van der Waals surface area contributed by atoms with Crippen LogP contribution < -0.4 is 5.32 Å². The van der Waals surface area contributed by atoms with Crippen molar-refractivity contribution in [2.45, 2.75) is 45.3 Å². The Morgan fingerprint density at radius 3 is 2.37 bits per heavy atom. The molecule has 1 aliphatic heterocycles. The molecular weight excluding hydrogens is 487 g/mol. The second-order valence-corrected chi connectivity index (χ2v) is 9.89. The minimum absolute atomic E-state index is 0.161. The molecule has 1 saturated heterocycles. The lowest BCUT2D eigenvalue weighted by molar-refractivity contribution is -0.137. The molecule has 1 aromatic heterocycles. The number of alkyl halides is 3. The predicted octanol–water partition coefficient (Wildman–Crippen LogP) is 7.36. The Labute approximate surface area is 221 Å². The fraction of sp³-hybridized carbons (Fsp3) is 0.323. The first-order chi connectivity index (χ1) is 18.3. The number of fused-ring (bicyclic) bond motifs is 1. The van der Waals surface area contributed by atoms with Gasteiger partial charge in [0.1, 0.15) is 0 Å². The van der Waals surface area contributed by atoms with Crippen LogP contribution in [0.2, 0.25) is 0 Å². The van der Waals surface area contributed by atoms with Crippen molar-refractivity contribution in [1.29, 1.82) is 0 Å². The zero-order valence-corrected chi connectivity index (χ0v) is 21.5. The number of aromatic nitrogens is 1. The lowest BCUT2D eigenvalue weighted by Crippen LogP contribution is -2.23. The van der Waals surface area contributed by atoms with Gasteiger partial charge in [-0.2, -0.15) is 13.2 Å². The molecule has 2 heterocycles. The van der Waals surface area contributed by atoms with Crippen molar-refractivity contribution < 1.29 is 18.0 Å². The summed E-state index contributed by atoms with van der Waals surface area (Å²) < 4.78 is 45.7. The monoisotopic (exact) mass is 519 g/mol. The molecule has 1 amide bonds. The summed E-state index contributed by atoms with van der Waals surface area (Å²) in [6.07, 6.45) is 0.152. The van der Waals surface area contributed by atoms with E-state index in [1.54, 1.807) is 6.92 Å². The van der Waals surface area contributed by atoms with E-state index in [-0.39, 0.29) is 17.9 Å². The molecule has 0 saturated carbocycles. The summed E-state index contributed by atoms with van der Waals surface area (Å²) in [5, 5.41) is 3.65. The molecule has 1 aliphatic rings. The van der Waals surface area contributed by atoms with Gasteiger partial charge in [-0.3, -0.25) is 4.79 Å². The smallest absolute Gasteiger partial charge is 0.342 e. The Morgan fingerprint density at radius 1 is 0.947 bits per heavy atom. The van der Waals surface area contributed by atoms with Crippen LogP contribution in [0.15, 0.2) is 72.9 Å². The van der Waals surface area contributed by atoms with E-state index in [4.69, 9.17) is 0 Å². The van der Waals surface area contributed by atoms with Gasteiger partial charge in [-0.05, 0) is 61.7 Å². The van der Waals surface area contributed by atoms with Crippen molar-refractivity contribution >= 4 is 22.5 Å². The first-order valence-electron chi connectivity index (χ1n) is 13.2. The molecule has 7 heteroatoms. The van der Waals surface area contributed by atoms with Gasteiger partial charge in [0.05, 0.1) is 5.56 Å². The summed E-state index contributed by atoms with van der Waals surface area (Å²) in [5.74, 6) is -0.218. The number of carbonyl (C=O) groups is 1. The maximum atomic E-state index is 14.6. The standard InChI is InChI=1S/C31H32F3N3O/c1-2-29(38)35-27-15-14-26(31(32,33)34)30(24(27)16-19-36-17-8-9-18-36)25-21-37(20-22-10-4-3-5-11-22)28-13-7-6-12-23(25)28/h3-7,10-15,21H,2,8-9,16-20H2,1H3,(H,35,38). The van der Waals surface area contributed by atoms with Gasteiger partial charge in [0.2, 0.25) is 5.91 Å². The van der Waals surface area contributed by atoms with E-state index in [9.17, 15) is 18.0 Å². The van der Waals surface area contributed by atoms with Crippen molar-refractivity contribution in [1.82, 2.24) is 9.47 Å². The van der Waals surface area contributed by atoms with Gasteiger partial charge in [-0.25, -0.2) is 0 Å². The second-order valence-electron chi connectivity index (χ2n) is 9.89. The minimum Gasteiger partial charge on any atom is -0.342 e. The second kappa shape index (κ2) is 11.0. The molecule has 1 N–H and O–H groups in total. The Bertz CT molecular complexity index is 1420. The van der Waals surface area contributed by atoms with Crippen LogP contribution in [-0.2, 0) is 23.9 Å². The molecule has 198 valence electrons. The highest BCUT2D eigenvalue weighted by Gasteiger charge is 2.36. The number of anilines is 1. The van der Waals surface area contributed by atoms with E-state index in [2.05, 4.69) is 10.2 Å². The highest BCUT2D eigenvalue weighted by Crippen LogP contribution is 2.44. The van der Waals surface area contributed by atoms with Crippen LogP contribution in [0.4, 0.5) is 18.9 Å². The molecule has 0 radical (unpaired) electrons. The number of nitrogens with one attached hydrogen (secondary N) is 1. The Morgan fingerprint density at radius 2 is 1.66 bits per heavy atom. The number of rotatable bonds is 8. The maximum Gasteiger partial charge on any atom is 0.417 e. The number of hydrogen-bond donors (Lipinski definition) is 1. The lowest BCUT2D eigenvalue weighted by Gasteiger charge is -2.23. The SMILES string of the molecule is CCC(=O)Nc1ccc(C(F)(F)F)c(-c2cn(Cc3ccccc3)c3ccccc23)c1CCN1CCCC1. The lowest BCUT2D eigenvalue weighted by atomic mass is 9.90. The van der Waals surface area contributed by atoms with Crippen molar-refractivity contribution in [3.8, 4) is 11.1 Å². The predicted molar refractivity (Wildman–Crippen MR) is 146 cm³/mol. The van der Waals surface area contributed by atoms with Gasteiger partial charge < -0.3 is 14.8 Å². The summed E-state index contributed by atoms with van der Waals surface area (Å²) in [6, 6.07) is 20.0. The average Bonchev–Trinajstić information content (AvgIpc) is 3.56. The molecule has 1 fully saturated rings. The van der Waals surface area contributed by atoms with E-state index >= 15 is 0 Å². The third-order valence-corrected chi connectivity index (χ3v) is 7.34. The summed E-state index contributed by atoms with van der Waals surface area (Å²) in [7, 11) is 0. The fourth-order valence-electron chi connectivity index (χ4n) is 5.44. The topological polar surface area (TPSA) is 37.3 Å². The van der Waals surface area contributed by atoms with Gasteiger partial charge in [0.25, 0.3) is 0 Å². The first kappa shape index (κ1) is 26.0. The first-order valence-corrected chi connectivity index (χ1v) is 13.2. The molecule has 4 aromatic rings. The molecule has 0 aliphatic carbocycles. The van der Waals surface area contributed by atoms with E-state index < -0.39 is 11.7 Å². The highest BCUT2D eigenvalue weighted by molar-refractivity contribution is 6.00. The van der Waals surface area contributed by atoms with Crippen LogP contribution in [0.5, 0.6) is 0 Å². The van der Waals surface area contributed by atoms with Crippen LogP contribution in [0.1, 0.15) is 42.9 Å². The fourth-order valence-corrected chi connectivity index (χ4v) is 5.44. The summed E-state index contributed by atoms with van der Waals surface area (Å²) in [5.41, 5.74) is 2.95. The van der Waals surface area contributed by atoms with Crippen LogP contribution in [0.3, 0.4) is 0 Å².